The first kappa shape index (κ1) is 29.4. The summed E-state index contributed by atoms with van der Waals surface area (Å²) in [5.74, 6) is 3.96. The van der Waals surface area contributed by atoms with Crippen molar-refractivity contribution in [2.75, 3.05) is 0 Å². The van der Waals surface area contributed by atoms with Crippen molar-refractivity contribution in [3.05, 3.63) is 68.8 Å². The molecule has 0 aliphatic carbocycles. The van der Waals surface area contributed by atoms with E-state index in [1.54, 1.807) is 16.7 Å². The van der Waals surface area contributed by atoms with Crippen LogP contribution in [0.3, 0.4) is 0 Å². The maximum Gasteiger partial charge on any atom is 0.0431 e. The third-order valence-corrected chi connectivity index (χ3v) is 27.3. The lowest BCUT2D eigenvalue weighted by atomic mass is 9.74. The molecule has 6 rings (SSSR count). The van der Waals surface area contributed by atoms with Crippen molar-refractivity contribution < 1.29 is 0 Å². The average Bonchev–Trinajstić information content (AvgIpc) is 3.55. The molecule has 0 nitrogen and oxygen atoms in total. The number of fused-ring (bicyclic) bond motifs is 2. The summed E-state index contributed by atoms with van der Waals surface area (Å²) in [5.41, 5.74) is 17.6. The van der Waals surface area contributed by atoms with Gasteiger partial charge in [0.2, 0.25) is 0 Å². The smallest absolute Gasteiger partial charge is 0.0431 e. The zero-order chi connectivity index (χ0) is 29.7. The van der Waals surface area contributed by atoms with Crippen LogP contribution in [0, 0.1) is 69.4 Å². The molecule has 0 spiro atoms. The molecule has 4 fully saturated rings. The van der Waals surface area contributed by atoms with Crippen LogP contribution >= 0.6 is 23.8 Å². The highest BCUT2D eigenvalue weighted by Crippen LogP contribution is 3.28. The van der Waals surface area contributed by atoms with Gasteiger partial charge in [0.05, 0.1) is 0 Å². The fourth-order valence-corrected chi connectivity index (χ4v) is 33.2. The molecular formula is C37H51P3. The van der Waals surface area contributed by atoms with Gasteiger partial charge in [-0.05, 0) is 93.5 Å². The standard InChI is InChI=1S/C37H51P3/c1-22-18-24(3)28(25(4)19-22)16-17-38-36(33(10,11)12)30-35(29-26(5)20-23(2)21-27(29)6)37(38,34(13,14)15)40(35)31(39(30)36)32(7,8)9/h18-21,30-31H,1-15H3/t30-,31?,35+,36-,37-,38?,39?,40?/m1/s1. The van der Waals surface area contributed by atoms with Gasteiger partial charge in [0.15, 0.2) is 0 Å². The van der Waals surface area contributed by atoms with Gasteiger partial charge in [0.25, 0.3) is 0 Å². The van der Waals surface area contributed by atoms with Gasteiger partial charge in [-0.15, -0.1) is 0 Å². The number of aryl methyl sites for hydroxylation is 6. The SMILES string of the molecule is Cc1cc(C)c(C#CP2[C@]3(C(C)(C)C)[C@@H]4P3C(C(C)(C)C)P3[C@]2(C(C)(C)C)[C@]43c2c(C)cc(C)cc2C)c(C)c1. The normalized spacial score (nSPS) is 37.2. The first-order chi connectivity index (χ1) is 18.2. The van der Waals surface area contributed by atoms with E-state index in [0.29, 0.717) is 20.4 Å². The Hall–Kier alpha value is -0.710. The Morgan fingerprint density at radius 3 is 1.57 bits per heavy atom. The molecule has 0 aromatic heterocycles. The molecule has 4 aliphatic heterocycles. The van der Waals surface area contributed by atoms with Crippen LogP contribution in [-0.4, -0.2) is 20.9 Å². The lowest BCUT2D eigenvalue weighted by molar-refractivity contribution is 0.349. The third-order valence-electron chi connectivity index (χ3n) is 10.7. The van der Waals surface area contributed by atoms with E-state index >= 15 is 0 Å². The van der Waals surface area contributed by atoms with E-state index in [4.69, 9.17) is 0 Å². The molecule has 4 unspecified atom stereocenters. The van der Waals surface area contributed by atoms with Crippen LogP contribution in [0.5, 0.6) is 0 Å². The second kappa shape index (κ2) is 8.26. The fraction of sp³-hybridized carbons (Fsp3) is 0.622. The van der Waals surface area contributed by atoms with Crippen molar-refractivity contribution in [1.29, 1.82) is 0 Å². The minimum Gasteiger partial charge on any atom is -0.0796 e. The minimum atomic E-state index is -0.492. The van der Waals surface area contributed by atoms with Gasteiger partial charge in [-0.2, -0.15) is 0 Å². The van der Waals surface area contributed by atoms with E-state index in [1.807, 2.05) is 0 Å². The van der Waals surface area contributed by atoms with E-state index in [1.165, 1.54) is 27.8 Å². The predicted octanol–water partition coefficient (Wildman–Crippen LogP) is 11.5. The molecule has 4 saturated heterocycles. The van der Waals surface area contributed by atoms with Crippen LogP contribution in [0.2, 0.25) is 0 Å². The van der Waals surface area contributed by atoms with Gasteiger partial charge in [-0.1, -0.05) is 125 Å². The van der Waals surface area contributed by atoms with Crippen LogP contribution in [0.4, 0.5) is 0 Å². The predicted molar refractivity (Wildman–Crippen MR) is 182 cm³/mol. The lowest BCUT2D eigenvalue weighted by Gasteiger charge is -2.51. The molecular weight excluding hydrogens is 537 g/mol. The summed E-state index contributed by atoms with van der Waals surface area (Å²) in [7, 11) is -0.741. The molecule has 0 saturated carbocycles. The Kier molecular flexibility index (Phi) is 6.06. The van der Waals surface area contributed by atoms with Crippen LogP contribution in [-0.2, 0) is 5.16 Å². The van der Waals surface area contributed by atoms with Gasteiger partial charge in [0, 0.05) is 31.6 Å². The summed E-state index contributed by atoms with van der Waals surface area (Å²) >= 11 is 0. The van der Waals surface area contributed by atoms with Crippen molar-refractivity contribution in [3.8, 4) is 11.6 Å². The Morgan fingerprint density at radius 2 is 1.15 bits per heavy atom. The summed E-state index contributed by atoms with van der Waals surface area (Å²) in [6, 6.07) is 9.67. The topological polar surface area (TPSA) is 0 Å². The summed E-state index contributed by atoms with van der Waals surface area (Å²) in [6.07, 6.45) is 0. The molecule has 2 aromatic rings. The van der Waals surface area contributed by atoms with E-state index in [2.05, 4.69) is 140 Å². The summed E-state index contributed by atoms with van der Waals surface area (Å²) < 4.78 is 0. The number of hydrogen-bond acceptors (Lipinski definition) is 0. The van der Waals surface area contributed by atoms with Gasteiger partial charge in [0.1, 0.15) is 0 Å². The quantitative estimate of drug-likeness (QED) is 0.230. The monoisotopic (exact) mass is 588 g/mol. The van der Waals surface area contributed by atoms with E-state index in [9.17, 15) is 0 Å². The first-order valence-electron chi connectivity index (χ1n) is 15.3. The van der Waals surface area contributed by atoms with Crippen molar-refractivity contribution in [2.45, 2.75) is 130 Å². The fourth-order valence-electron chi connectivity index (χ4n) is 10.2. The summed E-state index contributed by atoms with van der Waals surface area (Å²) in [6.45, 7) is 37.3. The Labute approximate surface area is 249 Å². The van der Waals surface area contributed by atoms with Gasteiger partial charge in [-0.25, -0.2) is 0 Å². The number of hydrogen-bond donors (Lipinski definition) is 0. The molecule has 40 heavy (non-hydrogen) atoms. The highest BCUT2D eigenvalue weighted by atomic mass is 31.2. The lowest BCUT2D eigenvalue weighted by Crippen LogP contribution is -2.39. The summed E-state index contributed by atoms with van der Waals surface area (Å²) in [4.78, 5) is 0.713. The maximum atomic E-state index is 4.30. The Bertz CT molecular complexity index is 1470. The molecule has 4 aliphatic rings. The summed E-state index contributed by atoms with van der Waals surface area (Å²) in [5, 5.41) is 1.22. The molecule has 0 bridgehead atoms. The number of rotatable bonds is 1. The van der Waals surface area contributed by atoms with Crippen molar-refractivity contribution in [2.24, 2.45) is 16.2 Å². The van der Waals surface area contributed by atoms with Gasteiger partial charge < -0.3 is 0 Å². The largest absolute Gasteiger partial charge is 0.0796 e. The number of benzene rings is 2. The highest BCUT2D eigenvalue weighted by Gasteiger charge is 3.09. The van der Waals surface area contributed by atoms with E-state index < -0.39 is 7.92 Å². The van der Waals surface area contributed by atoms with Crippen molar-refractivity contribution in [1.82, 2.24) is 0 Å². The zero-order valence-electron chi connectivity index (χ0n) is 27.8. The van der Waals surface area contributed by atoms with Gasteiger partial charge in [-0.3, -0.25) is 0 Å². The second-order valence-corrected chi connectivity index (χ2v) is 25.3. The van der Waals surface area contributed by atoms with Crippen LogP contribution in [0.15, 0.2) is 24.3 Å². The third kappa shape index (κ3) is 3.13. The molecule has 2 aromatic carbocycles. The van der Waals surface area contributed by atoms with Gasteiger partial charge >= 0.3 is 0 Å². The Morgan fingerprint density at radius 1 is 0.675 bits per heavy atom. The molecule has 214 valence electrons. The Balaban J connectivity index is 1.70. The highest BCUT2D eigenvalue weighted by molar-refractivity contribution is 8.09. The average molecular weight is 589 g/mol. The molecule has 8 atom stereocenters. The zero-order valence-corrected chi connectivity index (χ0v) is 30.5. The minimum absolute atomic E-state index is 0.0757. The molecule has 3 heteroatoms. The second-order valence-electron chi connectivity index (χ2n) is 16.7. The first-order valence-corrected chi connectivity index (χ1v) is 19.5. The molecule has 0 radical (unpaired) electrons. The van der Waals surface area contributed by atoms with Crippen molar-refractivity contribution >= 4 is 23.8 Å². The van der Waals surface area contributed by atoms with E-state index in [-0.39, 0.29) is 26.7 Å². The van der Waals surface area contributed by atoms with E-state index in [0.717, 1.165) is 11.1 Å². The van der Waals surface area contributed by atoms with Crippen LogP contribution in [0.1, 0.15) is 107 Å². The van der Waals surface area contributed by atoms with Crippen molar-refractivity contribution in [3.63, 3.8) is 0 Å². The molecule has 4 heterocycles. The molecule has 0 amide bonds. The van der Waals surface area contributed by atoms with Crippen LogP contribution in [0.25, 0.3) is 0 Å². The van der Waals surface area contributed by atoms with Crippen LogP contribution < -0.4 is 0 Å². The molecule has 0 N–H and O–H groups in total. The maximum absolute atomic E-state index is 4.30.